The van der Waals surface area contributed by atoms with E-state index >= 15 is 0 Å². The van der Waals surface area contributed by atoms with Crippen LogP contribution >= 0.6 is 0 Å². The molecule has 46 valence electrons. The molecule has 2 heteroatoms. The van der Waals surface area contributed by atoms with E-state index in [2.05, 4.69) is 38.2 Å². The van der Waals surface area contributed by atoms with Crippen molar-refractivity contribution in [2.75, 3.05) is 0 Å². The van der Waals surface area contributed by atoms with Crippen LogP contribution in [0.1, 0.15) is 13.8 Å². The van der Waals surface area contributed by atoms with Crippen molar-refractivity contribution in [1.82, 2.24) is 0 Å². The average Bonchev–Trinajstić information content (AvgIpc) is 1.85. The molecule has 0 aromatic rings. The first kappa shape index (κ1) is 11.1. The molecule has 0 bridgehead atoms. The molecule has 0 spiro atoms. The number of allylic oxidation sites excluding steroid dienone is 5. The zero-order valence-electron chi connectivity index (χ0n) is 6.72. The molecule has 10 heavy (non-hydrogen) atoms. The van der Waals surface area contributed by atoms with Crippen molar-refractivity contribution in [3.8, 4) is 0 Å². The number of rotatable bonds is 2. The summed E-state index contributed by atoms with van der Waals surface area (Å²) in [6.07, 6.45) is 8.73. The predicted octanol–water partition coefficient (Wildman–Crippen LogP) is 2.44. The van der Waals surface area contributed by atoms with Gasteiger partial charge in [0.1, 0.15) is 0 Å². The van der Waals surface area contributed by atoms with Gasteiger partial charge in [-0.25, -0.2) is 0 Å². The quantitative estimate of drug-likeness (QED) is 0.398. The summed E-state index contributed by atoms with van der Waals surface area (Å²) < 4.78 is 1.73. The first-order chi connectivity index (χ1) is 4.66. The normalized spacial score (nSPS) is 12.4. The molecule has 0 heterocycles. The second-order valence-electron chi connectivity index (χ2n) is 2.24. The van der Waals surface area contributed by atoms with Crippen molar-refractivity contribution < 1.29 is 52.2 Å². The monoisotopic (exact) mass is 510 g/mol. The third-order valence-corrected chi connectivity index (χ3v) is 2.84. The van der Waals surface area contributed by atoms with Gasteiger partial charge in [-0.05, 0) is 0 Å². The summed E-state index contributed by atoms with van der Waals surface area (Å²) in [5, 5.41) is 0. The Morgan fingerprint density at radius 3 is 2.20 bits per heavy atom. The van der Waals surface area contributed by atoms with E-state index in [9.17, 15) is 0 Å². The molecule has 0 unspecified atom stereocenters. The molecule has 0 N–H and O–H groups in total. The third kappa shape index (κ3) is 7.20. The van der Waals surface area contributed by atoms with Crippen LogP contribution in [0.5, 0.6) is 0 Å². The first-order valence-electron chi connectivity index (χ1n) is 3.32. The zero-order chi connectivity index (χ0) is 7.98. The molecule has 0 aromatic heterocycles. The van der Waals surface area contributed by atoms with Crippen molar-refractivity contribution in [3.63, 3.8) is 0 Å². The molecule has 0 atom stereocenters. The number of hydrogen-bond acceptors (Lipinski definition) is 0. The molecule has 0 fully saturated rings. The van der Waals surface area contributed by atoms with E-state index in [4.69, 9.17) is 0 Å². The Hall–Kier alpha value is 1.09. The molecule has 0 saturated heterocycles. The van der Waals surface area contributed by atoms with Gasteiger partial charge in [0.05, 0.1) is 0 Å². The Balaban J connectivity index is 4.05. The fourth-order valence-corrected chi connectivity index (χ4v) is 1.48. The van der Waals surface area contributed by atoms with Gasteiger partial charge < -0.3 is 0 Å². The summed E-state index contributed by atoms with van der Waals surface area (Å²) in [6.45, 7) is 4.19. The van der Waals surface area contributed by atoms with Crippen molar-refractivity contribution in [3.05, 3.63) is 30.5 Å². The second-order valence-corrected chi connectivity index (χ2v) is 24.4. The van der Waals surface area contributed by atoms with Crippen molar-refractivity contribution in [2.45, 2.75) is 13.8 Å². The van der Waals surface area contributed by atoms with E-state index in [0.717, 1.165) is 52.2 Å². The van der Waals surface area contributed by atoms with Crippen LogP contribution in [-0.4, -0.2) is 0 Å². The van der Waals surface area contributed by atoms with E-state index in [1.165, 1.54) is 5.57 Å². The van der Waals surface area contributed by atoms with Crippen LogP contribution in [0.25, 0.3) is 0 Å². The summed E-state index contributed by atoms with van der Waals surface area (Å²) in [5.74, 6) is 0. The summed E-state index contributed by atoms with van der Waals surface area (Å²) in [6, 6.07) is 0. The minimum atomic E-state index is 0.887. The van der Waals surface area contributed by atoms with Gasteiger partial charge in [-0.3, -0.25) is 0 Å². The van der Waals surface area contributed by atoms with Crippen LogP contribution in [0.2, 0.25) is 0 Å². The van der Waals surface area contributed by atoms with Crippen LogP contribution in [-0.2, 0) is 52.2 Å². The molecule has 0 aliphatic rings. The van der Waals surface area contributed by atoms with Gasteiger partial charge in [0.25, 0.3) is 0 Å². The Bertz CT molecular complexity index is 172. The van der Waals surface area contributed by atoms with Gasteiger partial charge >= 0.3 is 96.6 Å². The molecular formula is C8H10Hg2. The fraction of sp³-hybridized carbons (Fsp3) is 0.250. The van der Waals surface area contributed by atoms with Crippen molar-refractivity contribution in [2.24, 2.45) is 0 Å². The number of hydrogen-bond donors (Lipinski definition) is 0. The topological polar surface area (TPSA) is 0 Å². The van der Waals surface area contributed by atoms with E-state index in [0.29, 0.717) is 0 Å². The molecular weight excluding hydrogens is 497 g/mol. The van der Waals surface area contributed by atoms with Crippen LogP contribution in [0.3, 0.4) is 0 Å². The van der Waals surface area contributed by atoms with Gasteiger partial charge in [-0.2, -0.15) is 0 Å². The summed E-state index contributed by atoms with van der Waals surface area (Å²) >= 11 is 1.77. The van der Waals surface area contributed by atoms with Gasteiger partial charge in [-0.15, -0.1) is 0 Å². The maximum atomic E-state index is 2.29. The Morgan fingerprint density at radius 1 is 1.20 bits per heavy atom. The Kier molecular flexibility index (Phi) is 7.52. The van der Waals surface area contributed by atoms with Crippen molar-refractivity contribution in [1.29, 1.82) is 0 Å². The summed E-state index contributed by atoms with van der Waals surface area (Å²) in [5.41, 5.74) is 1.36. The van der Waals surface area contributed by atoms with Gasteiger partial charge in [-0.1, -0.05) is 0 Å². The molecule has 0 aliphatic heterocycles. The standard InChI is InChI=1S/C8H10.2Hg/c1-4-6-8(3)7-5-2;;/h4-7H,1,3H3;;/b6-4-,8-7-;;. The van der Waals surface area contributed by atoms with Crippen LogP contribution < -0.4 is 0 Å². The van der Waals surface area contributed by atoms with Crippen LogP contribution in [0.15, 0.2) is 30.5 Å². The SMILES string of the molecule is C/C=C\C(C)=C/C=[C]([Hg])[Hg]. The third-order valence-electron chi connectivity index (χ3n) is 1.01. The van der Waals surface area contributed by atoms with E-state index in [1.54, 1.807) is 0.591 Å². The first-order valence-corrected chi connectivity index (χ1v) is 8.81. The molecule has 0 aliphatic carbocycles. The zero-order valence-corrected chi connectivity index (χ0v) is 17.7. The molecule has 0 radical (unpaired) electrons. The van der Waals surface area contributed by atoms with Gasteiger partial charge in [0, 0.05) is 0 Å². The van der Waals surface area contributed by atoms with Crippen LogP contribution in [0.4, 0.5) is 0 Å². The molecule has 0 amide bonds. The summed E-state index contributed by atoms with van der Waals surface area (Å²) in [7, 11) is 0. The van der Waals surface area contributed by atoms with E-state index in [1.807, 2.05) is 0 Å². The Labute approximate surface area is 95.4 Å². The molecule has 0 nitrogen and oxygen atoms in total. The summed E-state index contributed by atoms with van der Waals surface area (Å²) in [4.78, 5) is 0. The molecule has 0 aromatic carbocycles. The average molecular weight is 507 g/mol. The fourth-order valence-electron chi connectivity index (χ4n) is 0.568. The van der Waals surface area contributed by atoms with Gasteiger partial charge in [0.15, 0.2) is 0 Å². The maximum absolute atomic E-state index is 2.29. The Morgan fingerprint density at radius 2 is 1.80 bits per heavy atom. The minimum absolute atomic E-state index is 0.887. The van der Waals surface area contributed by atoms with Crippen molar-refractivity contribution >= 4 is 0 Å². The van der Waals surface area contributed by atoms with Crippen LogP contribution in [0, 0.1) is 0 Å². The second kappa shape index (κ2) is 6.78. The molecule has 0 rings (SSSR count). The predicted molar refractivity (Wildman–Crippen MR) is 36.7 cm³/mol. The van der Waals surface area contributed by atoms with Gasteiger partial charge in [0.2, 0.25) is 0 Å². The van der Waals surface area contributed by atoms with E-state index < -0.39 is 0 Å². The van der Waals surface area contributed by atoms with E-state index in [-0.39, 0.29) is 0 Å². The molecule has 0 saturated carbocycles.